The number of hydrogen-bond donors (Lipinski definition) is 3. The van der Waals surface area contributed by atoms with Crippen molar-refractivity contribution in [3.05, 3.63) is 0 Å². The van der Waals surface area contributed by atoms with E-state index < -0.39 is 18.1 Å². The fraction of sp³-hybridized carbons (Fsp3) is 0.955. The molecule has 6 nitrogen and oxygen atoms in total. The quantitative estimate of drug-likeness (QED) is 0.674. The van der Waals surface area contributed by atoms with E-state index in [-0.39, 0.29) is 18.4 Å². The van der Waals surface area contributed by atoms with Crippen LogP contribution in [0.5, 0.6) is 0 Å². The van der Waals surface area contributed by atoms with Crippen molar-refractivity contribution in [3.63, 3.8) is 0 Å². The van der Waals surface area contributed by atoms with Gasteiger partial charge in [-0.05, 0) is 50.0 Å². The number of aliphatic hydroxyl groups excluding tert-OH is 2. The second-order valence-corrected chi connectivity index (χ2v) is 9.93. The highest BCUT2D eigenvalue weighted by Crippen LogP contribution is 2.34. The highest BCUT2D eigenvalue weighted by molar-refractivity contribution is 5.80. The Morgan fingerprint density at radius 3 is 2.75 bits per heavy atom. The number of amides is 1. The summed E-state index contributed by atoms with van der Waals surface area (Å²) in [6.07, 6.45) is 6.20. The van der Waals surface area contributed by atoms with Crippen LogP contribution in [0.1, 0.15) is 58.3 Å². The summed E-state index contributed by atoms with van der Waals surface area (Å²) in [6, 6.07) is 0.395. The van der Waals surface area contributed by atoms with Crippen molar-refractivity contribution in [2.24, 2.45) is 23.7 Å². The highest BCUT2D eigenvalue weighted by Gasteiger charge is 2.46. The van der Waals surface area contributed by atoms with Gasteiger partial charge in [-0.3, -0.25) is 4.79 Å². The SMILES string of the molecule is CC1CCCC(COC2CC(O)CC(O)C2C(=O)N2CC3CCCNC3C2)C1. The lowest BCUT2D eigenvalue weighted by molar-refractivity contribution is -0.158. The van der Waals surface area contributed by atoms with Crippen molar-refractivity contribution in [1.82, 2.24) is 10.2 Å². The van der Waals surface area contributed by atoms with Crippen LogP contribution in [0.25, 0.3) is 0 Å². The van der Waals surface area contributed by atoms with Crippen LogP contribution in [0.4, 0.5) is 0 Å². The van der Waals surface area contributed by atoms with E-state index in [1.807, 2.05) is 4.90 Å². The fourth-order valence-corrected chi connectivity index (χ4v) is 6.09. The maximum atomic E-state index is 13.4. The molecule has 0 bridgehead atoms. The van der Waals surface area contributed by atoms with Gasteiger partial charge in [-0.2, -0.15) is 0 Å². The van der Waals surface area contributed by atoms with Gasteiger partial charge < -0.3 is 25.2 Å². The van der Waals surface area contributed by atoms with Gasteiger partial charge in [0.1, 0.15) is 0 Å². The third-order valence-electron chi connectivity index (χ3n) is 7.62. The van der Waals surface area contributed by atoms with Crippen LogP contribution >= 0.6 is 0 Å². The second kappa shape index (κ2) is 8.99. The fourth-order valence-electron chi connectivity index (χ4n) is 6.09. The minimum Gasteiger partial charge on any atom is -0.393 e. The van der Waals surface area contributed by atoms with Crippen molar-refractivity contribution in [3.8, 4) is 0 Å². The van der Waals surface area contributed by atoms with Gasteiger partial charge in [0.05, 0.1) is 24.2 Å². The maximum Gasteiger partial charge on any atom is 0.231 e. The number of likely N-dealkylation sites (tertiary alicyclic amines) is 1. The first-order valence-electron chi connectivity index (χ1n) is 11.5. The molecule has 28 heavy (non-hydrogen) atoms. The molecule has 0 spiro atoms. The summed E-state index contributed by atoms with van der Waals surface area (Å²) >= 11 is 0. The van der Waals surface area contributed by atoms with Crippen LogP contribution in [-0.4, -0.2) is 71.6 Å². The third-order valence-corrected chi connectivity index (χ3v) is 7.62. The van der Waals surface area contributed by atoms with Gasteiger partial charge in [0.25, 0.3) is 0 Å². The Labute approximate surface area is 169 Å². The highest BCUT2D eigenvalue weighted by atomic mass is 16.5. The molecule has 4 fully saturated rings. The molecule has 2 aliphatic heterocycles. The van der Waals surface area contributed by atoms with Crippen molar-refractivity contribution >= 4 is 5.91 Å². The average Bonchev–Trinajstić information content (AvgIpc) is 3.10. The van der Waals surface area contributed by atoms with Crippen LogP contribution in [0.2, 0.25) is 0 Å². The van der Waals surface area contributed by atoms with E-state index in [1.165, 1.54) is 38.5 Å². The number of ether oxygens (including phenoxy) is 1. The lowest BCUT2D eigenvalue weighted by atomic mass is 9.80. The molecule has 2 heterocycles. The first-order chi connectivity index (χ1) is 13.5. The predicted octanol–water partition coefficient (Wildman–Crippen LogP) is 1.54. The number of piperidine rings is 1. The normalized spacial score (nSPS) is 44.3. The number of rotatable bonds is 4. The number of carbonyl (C=O) groups is 1. The lowest BCUT2D eigenvalue weighted by Gasteiger charge is -2.39. The molecule has 2 aliphatic carbocycles. The number of hydrogen-bond acceptors (Lipinski definition) is 5. The monoisotopic (exact) mass is 394 g/mol. The zero-order valence-corrected chi connectivity index (χ0v) is 17.3. The van der Waals surface area contributed by atoms with Gasteiger partial charge in [-0.25, -0.2) is 0 Å². The number of nitrogens with zero attached hydrogens (tertiary/aromatic N) is 1. The third kappa shape index (κ3) is 4.55. The Kier molecular flexibility index (Phi) is 6.60. The Morgan fingerprint density at radius 2 is 1.96 bits per heavy atom. The van der Waals surface area contributed by atoms with E-state index in [2.05, 4.69) is 12.2 Å². The van der Waals surface area contributed by atoms with E-state index >= 15 is 0 Å². The van der Waals surface area contributed by atoms with E-state index in [0.29, 0.717) is 30.9 Å². The second-order valence-electron chi connectivity index (χ2n) is 9.93. The molecule has 4 aliphatic rings. The molecule has 2 saturated heterocycles. The maximum absolute atomic E-state index is 13.4. The van der Waals surface area contributed by atoms with Gasteiger partial charge in [0, 0.05) is 38.6 Å². The molecule has 0 radical (unpaired) electrons. The molecule has 1 amide bonds. The van der Waals surface area contributed by atoms with E-state index in [4.69, 9.17) is 4.74 Å². The molecule has 0 aromatic heterocycles. The predicted molar refractivity (Wildman–Crippen MR) is 107 cm³/mol. The Bertz CT molecular complexity index is 531. The standard InChI is InChI=1S/C22H38N2O4/c1-14-4-2-5-15(8-14)13-28-20-10-17(25)9-19(26)21(20)22(27)24-11-16-6-3-7-23-18(16)12-24/h14-21,23,25-26H,2-13H2,1H3. The summed E-state index contributed by atoms with van der Waals surface area (Å²) < 4.78 is 6.24. The van der Waals surface area contributed by atoms with Crippen LogP contribution < -0.4 is 5.32 Å². The van der Waals surface area contributed by atoms with E-state index in [1.54, 1.807) is 0 Å². The lowest BCUT2D eigenvalue weighted by Crippen LogP contribution is -2.52. The summed E-state index contributed by atoms with van der Waals surface area (Å²) in [7, 11) is 0. The van der Waals surface area contributed by atoms with Gasteiger partial charge >= 0.3 is 0 Å². The van der Waals surface area contributed by atoms with E-state index in [9.17, 15) is 15.0 Å². The minimum atomic E-state index is -0.817. The minimum absolute atomic E-state index is 0.0256. The zero-order chi connectivity index (χ0) is 19.7. The molecule has 6 heteroatoms. The van der Waals surface area contributed by atoms with Crippen LogP contribution in [-0.2, 0) is 9.53 Å². The summed E-state index contributed by atoms with van der Waals surface area (Å²) in [5, 5.41) is 24.4. The first kappa shape index (κ1) is 20.6. The molecule has 8 atom stereocenters. The Hall–Kier alpha value is -0.690. The number of carbonyl (C=O) groups excluding carboxylic acids is 1. The van der Waals surface area contributed by atoms with Crippen molar-refractivity contribution in [1.29, 1.82) is 0 Å². The average molecular weight is 395 g/mol. The first-order valence-corrected chi connectivity index (χ1v) is 11.5. The summed E-state index contributed by atoms with van der Waals surface area (Å²) in [5.74, 6) is 1.30. The number of fused-ring (bicyclic) bond motifs is 1. The molecule has 2 saturated carbocycles. The van der Waals surface area contributed by atoms with Crippen LogP contribution in [0.15, 0.2) is 0 Å². The Balaban J connectivity index is 1.39. The van der Waals surface area contributed by atoms with Crippen molar-refractivity contribution in [2.45, 2.75) is 82.6 Å². The Morgan fingerprint density at radius 1 is 1.11 bits per heavy atom. The molecule has 0 aromatic carbocycles. The molecule has 3 N–H and O–H groups in total. The van der Waals surface area contributed by atoms with Crippen LogP contribution in [0, 0.1) is 23.7 Å². The summed E-state index contributed by atoms with van der Waals surface area (Å²) in [6.45, 7) is 5.50. The molecule has 8 unspecified atom stereocenters. The summed E-state index contributed by atoms with van der Waals surface area (Å²) in [5.41, 5.74) is 0. The van der Waals surface area contributed by atoms with Gasteiger partial charge in [-0.15, -0.1) is 0 Å². The van der Waals surface area contributed by atoms with Gasteiger partial charge in [0.15, 0.2) is 0 Å². The topological polar surface area (TPSA) is 82.0 Å². The smallest absolute Gasteiger partial charge is 0.231 e. The molecule has 4 rings (SSSR count). The van der Waals surface area contributed by atoms with Crippen molar-refractivity contribution < 1.29 is 19.7 Å². The molecule has 0 aromatic rings. The van der Waals surface area contributed by atoms with Gasteiger partial charge in [0.2, 0.25) is 5.91 Å². The largest absolute Gasteiger partial charge is 0.393 e. The number of nitrogens with one attached hydrogen (secondary N) is 1. The summed E-state index contributed by atoms with van der Waals surface area (Å²) in [4.78, 5) is 15.3. The molecular formula is C22H38N2O4. The van der Waals surface area contributed by atoms with E-state index in [0.717, 1.165) is 25.6 Å². The number of aliphatic hydroxyl groups is 2. The molecular weight excluding hydrogens is 356 g/mol. The van der Waals surface area contributed by atoms with Crippen molar-refractivity contribution in [2.75, 3.05) is 26.2 Å². The van der Waals surface area contributed by atoms with Crippen LogP contribution in [0.3, 0.4) is 0 Å². The molecule has 160 valence electrons. The van der Waals surface area contributed by atoms with Gasteiger partial charge in [-0.1, -0.05) is 19.8 Å². The zero-order valence-electron chi connectivity index (χ0n) is 17.3.